The van der Waals surface area contributed by atoms with Crippen LogP contribution in [0.3, 0.4) is 0 Å². The zero-order chi connectivity index (χ0) is 31.8. The van der Waals surface area contributed by atoms with Crippen LogP contribution in [0.5, 0.6) is 17.2 Å². The minimum absolute atomic E-state index is 0.0141. The minimum atomic E-state index is -0.804. The second-order valence-corrected chi connectivity index (χ2v) is 12.8. The average Bonchev–Trinajstić information content (AvgIpc) is 3.66. The first-order chi connectivity index (χ1) is 21.7. The van der Waals surface area contributed by atoms with Gasteiger partial charge in [-0.3, -0.25) is 9.59 Å². The van der Waals surface area contributed by atoms with E-state index in [9.17, 15) is 19.8 Å². The number of nitrogens with zero attached hydrogens (tertiary/aromatic N) is 3. The Kier molecular flexibility index (Phi) is 9.02. The van der Waals surface area contributed by atoms with E-state index in [1.54, 1.807) is 29.0 Å². The fraction of sp³-hybridized carbons (Fsp3) is 0.486. The number of benzene rings is 3. The Morgan fingerprint density at radius 1 is 1.07 bits per heavy atom. The highest BCUT2D eigenvalue weighted by molar-refractivity contribution is 6.19. The predicted octanol–water partition coefficient (Wildman–Crippen LogP) is 6.01. The molecular formula is C35H42ClN3O6. The maximum absolute atomic E-state index is 13.5. The molecule has 10 heteroatoms. The van der Waals surface area contributed by atoms with Crippen LogP contribution in [0.25, 0.3) is 10.8 Å². The molecule has 0 saturated carbocycles. The molecule has 1 unspecified atom stereocenters. The first-order valence-corrected chi connectivity index (χ1v) is 16.5. The van der Waals surface area contributed by atoms with E-state index in [1.165, 1.54) is 0 Å². The molecule has 3 aromatic rings. The number of hydrogen-bond donors (Lipinski definition) is 2. The number of hydrogen-bond acceptors (Lipinski definition) is 7. The second kappa shape index (κ2) is 13.0. The quantitative estimate of drug-likeness (QED) is 0.208. The van der Waals surface area contributed by atoms with Crippen molar-refractivity contribution in [2.45, 2.75) is 76.6 Å². The van der Waals surface area contributed by atoms with Gasteiger partial charge in [-0.2, -0.15) is 0 Å². The van der Waals surface area contributed by atoms with Gasteiger partial charge in [0.15, 0.2) is 11.5 Å². The maximum atomic E-state index is 13.5. The molecule has 3 heterocycles. The van der Waals surface area contributed by atoms with Gasteiger partial charge in [-0.25, -0.2) is 0 Å². The summed E-state index contributed by atoms with van der Waals surface area (Å²) < 4.78 is 11.8. The summed E-state index contributed by atoms with van der Waals surface area (Å²) in [6.45, 7) is 5.57. The molecule has 240 valence electrons. The number of phenolic OH excluding ortho intramolecular Hbond substituents is 1. The SMILES string of the molecule is COc1cc2c(cc1OCCCCCC(=O)N1C[C@@H](CCl)c3c1cc(O)c1ccccc31)N(C(C)C)C(O)[C@@H]1CCCN1C2=O. The highest BCUT2D eigenvalue weighted by atomic mass is 35.5. The largest absolute Gasteiger partial charge is 0.507 e. The molecule has 3 aliphatic rings. The number of fused-ring (bicyclic) bond motifs is 5. The number of amides is 2. The molecule has 1 fully saturated rings. The van der Waals surface area contributed by atoms with Crippen molar-refractivity contribution in [3.8, 4) is 17.2 Å². The summed E-state index contributed by atoms with van der Waals surface area (Å²) in [6, 6.07) is 12.7. The van der Waals surface area contributed by atoms with Crippen LogP contribution in [0.4, 0.5) is 11.4 Å². The Balaban J connectivity index is 1.09. The topological polar surface area (TPSA) is 103 Å². The molecule has 3 atom stereocenters. The number of alkyl halides is 1. The number of ether oxygens (including phenoxy) is 2. The van der Waals surface area contributed by atoms with Crippen molar-refractivity contribution >= 4 is 45.6 Å². The number of methoxy groups -OCH3 is 1. The lowest BCUT2D eigenvalue weighted by atomic mass is 9.95. The zero-order valence-electron chi connectivity index (χ0n) is 26.2. The summed E-state index contributed by atoms with van der Waals surface area (Å²) in [5, 5.41) is 23.7. The Bertz CT molecular complexity index is 1600. The summed E-state index contributed by atoms with van der Waals surface area (Å²) in [6.07, 6.45) is 3.42. The van der Waals surface area contributed by atoms with E-state index in [0.717, 1.165) is 47.7 Å². The number of phenols is 1. The van der Waals surface area contributed by atoms with Crippen molar-refractivity contribution in [1.82, 2.24) is 4.90 Å². The number of rotatable bonds is 10. The summed E-state index contributed by atoms with van der Waals surface area (Å²) in [4.78, 5) is 32.3. The van der Waals surface area contributed by atoms with Crippen molar-refractivity contribution in [1.29, 1.82) is 0 Å². The number of carbonyl (C=O) groups is 2. The van der Waals surface area contributed by atoms with Crippen molar-refractivity contribution in [2.24, 2.45) is 0 Å². The Morgan fingerprint density at radius 2 is 1.84 bits per heavy atom. The van der Waals surface area contributed by atoms with Gasteiger partial charge in [-0.1, -0.05) is 24.3 Å². The fourth-order valence-electron chi connectivity index (χ4n) is 7.29. The molecule has 2 amide bonds. The minimum Gasteiger partial charge on any atom is -0.507 e. The first kappa shape index (κ1) is 31.3. The molecule has 0 aliphatic carbocycles. The fourth-order valence-corrected chi connectivity index (χ4v) is 7.54. The molecule has 45 heavy (non-hydrogen) atoms. The Morgan fingerprint density at radius 3 is 2.58 bits per heavy atom. The third-order valence-electron chi connectivity index (χ3n) is 9.46. The standard InChI is InChI=1S/C35H42ClN3O6/c1-21(2)39-27-18-31(30(44-3)16-25(27)34(42)37-14-9-12-26(37)35(39)43)45-15-8-4-5-13-32(41)38-20-22(19-36)33-24-11-7-6-10-23(24)29(40)17-28(33)38/h6-7,10-11,16-18,21-22,26,35,40,43H,4-5,8-9,12-15,19-20H2,1-3H3/t22-,26+,35?/m1/s1. The molecule has 0 radical (unpaired) electrons. The predicted molar refractivity (Wildman–Crippen MR) is 176 cm³/mol. The summed E-state index contributed by atoms with van der Waals surface area (Å²) in [5.41, 5.74) is 2.94. The van der Waals surface area contributed by atoms with Crippen molar-refractivity contribution in [3.63, 3.8) is 0 Å². The summed E-state index contributed by atoms with van der Waals surface area (Å²) >= 11 is 6.33. The number of halogens is 1. The molecule has 3 aliphatic heterocycles. The highest BCUT2D eigenvalue weighted by Gasteiger charge is 2.43. The highest BCUT2D eigenvalue weighted by Crippen LogP contribution is 2.46. The smallest absolute Gasteiger partial charge is 0.256 e. The molecule has 0 spiro atoms. The lowest BCUT2D eigenvalue weighted by Gasteiger charge is -2.36. The number of aromatic hydroxyl groups is 1. The van der Waals surface area contributed by atoms with Gasteiger partial charge in [0, 0.05) is 54.9 Å². The number of carbonyl (C=O) groups excluding carboxylic acids is 2. The van der Waals surface area contributed by atoms with E-state index in [1.807, 2.05) is 49.1 Å². The number of aliphatic hydroxyl groups is 1. The third kappa shape index (κ3) is 5.65. The van der Waals surface area contributed by atoms with Crippen LogP contribution < -0.4 is 19.3 Å². The van der Waals surface area contributed by atoms with Gasteiger partial charge in [-0.15, -0.1) is 11.6 Å². The van der Waals surface area contributed by atoms with Crippen molar-refractivity contribution in [2.75, 3.05) is 42.5 Å². The van der Waals surface area contributed by atoms with Crippen LogP contribution in [-0.2, 0) is 4.79 Å². The van der Waals surface area contributed by atoms with Gasteiger partial charge in [0.2, 0.25) is 5.91 Å². The molecule has 1 saturated heterocycles. The number of aliphatic hydroxyl groups excluding tert-OH is 1. The normalized spacial score (nSPS) is 20.8. The van der Waals surface area contributed by atoms with Crippen LogP contribution in [0.1, 0.15) is 74.2 Å². The summed E-state index contributed by atoms with van der Waals surface area (Å²) in [7, 11) is 1.56. The second-order valence-electron chi connectivity index (χ2n) is 12.5. The van der Waals surface area contributed by atoms with Gasteiger partial charge < -0.3 is 34.4 Å². The van der Waals surface area contributed by atoms with E-state index < -0.39 is 6.23 Å². The van der Waals surface area contributed by atoms with Gasteiger partial charge in [0.25, 0.3) is 5.91 Å². The van der Waals surface area contributed by atoms with E-state index in [2.05, 4.69) is 0 Å². The van der Waals surface area contributed by atoms with Crippen molar-refractivity contribution in [3.05, 3.63) is 53.6 Å². The molecule has 3 aromatic carbocycles. The summed E-state index contributed by atoms with van der Waals surface area (Å²) in [5.74, 6) is 1.50. The van der Waals surface area contributed by atoms with Gasteiger partial charge >= 0.3 is 0 Å². The van der Waals surface area contributed by atoms with Crippen LogP contribution in [0.15, 0.2) is 42.5 Å². The van der Waals surface area contributed by atoms with Gasteiger partial charge in [0.05, 0.1) is 36.7 Å². The zero-order valence-corrected chi connectivity index (χ0v) is 26.9. The van der Waals surface area contributed by atoms with E-state index in [0.29, 0.717) is 61.2 Å². The lowest BCUT2D eigenvalue weighted by Crippen LogP contribution is -2.50. The van der Waals surface area contributed by atoms with Gasteiger partial charge in [0.1, 0.15) is 12.0 Å². The Hall–Kier alpha value is -3.69. The van der Waals surface area contributed by atoms with E-state index in [-0.39, 0.29) is 35.6 Å². The lowest BCUT2D eigenvalue weighted by molar-refractivity contribution is -0.118. The number of anilines is 2. The monoisotopic (exact) mass is 635 g/mol. The van der Waals surface area contributed by atoms with E-state index in [4.69, 9.17) is 21.1 Å². The first-order valence-electron chi connectivity index (χ1n) is 16.0. The average molecular weight is 636 g/mol. The van der Waals surface area contributed by atoms with Gasteiger partial charge in [-0.05, 0) is 63.0 Å². The molecular weight excluding hydrogens is 594 g/mol. The number of unbranched alkanes of at least 4 members (excludes halogenated alkanes) is 2. The van der Waals surface area contributed by atoms with Crippen LogP contribution in [0.2, 0.25) is 0 Å². The van der Waals surface area contributed by atoms with Crippen LogP contribution in [0, 0.1) is 0 Å². The molecule has 6 rings (SSSR count). The molecule has 2 N–H and O–H groups in total. The molecule has 0 bridgehead atoms. The van der Waals surface area contributed by atoms with E-state index >= 15 is 0 Å². The molecule has 9 nitrogen and oxygen atoms in total. The third-order valence-corrected chi connectivity index (χ3v) is 9.83. The maximum Gasteiger partial charge on any atom is 0.256 e. The van der Waals surface area contributed by atoms with Crippen LogP contribution in [-0.4, -0.2) is 77.9 Å². The van der Waals surface area contributed by atoms with Crippen LogP contribution >= 0.6 is 11.6 Å². The van der Waals surface area contributed by atoms with Crippen molar-refractivity contribution < 1.29 is 29.3 Å². The molecule has 0 aromatic heterocycles. The Labute approximate surface area is 269 Å².